The number of benzene rings is 1. The summed E-state index contributed by atoms with van der Waals surface area (Å²) in [5, 5.41) is 2.87. The Bertz CT molecular complexity index is 410. The Hall–Kier alpha value is -1.83. The van der Waals surface area contributed by atoms with Crippen molar-refractivity contribution in [3.63, 3.8) is 0 Å². The molecule has 1 aliphatic carbocycles. The van der Waals surface area contributed by atoms with Crippen molar-refractivity contribution in [3.8, 4) is 0 Å². The number of allylic oxidation sites excluding steroid dienone is 3. The summed E-state index contributed by atoms with van der Waals surface area (Å²) in [4.78, 5) is 11.7. The summed E-state index contributed by atoms with van der Waals surface area (Å²) < 4.78 is 0. The Morgan fingerprint density at radius 3 is 2.21 bits per heavy atom. The Kier molecular flexibility index (Phi) is 10.2. The first-order valence-corrected chi connectivity index (χ1v) is 7.09. The number of carbonyl (C=O) groups excluding carboxylic acids is 1. The van der Waals surface area contributed by atoms with Gasteiger partial charge in [-0.3, -0.25) is 4.79 Å². The van der Waals surface area contributed by atoms with Gasteiger partial charge >= 0.3 is 0 Å². The Balaban J connectivity index is 0. The molecule has 19 heavy (non-hydrogen) atoms. The molecule has 0 unspecified atom stereocenters. The third kappa shape index (κ3) is 6.61. The molecule has 0 spiro atoms. The largest absolute Gasteiger partial charge is 0.322 e. The third-order valence-electron chi connectivity index (χ3n) is 2.29. The van der Waals surface area contributed by atoms with E-state index in [1.807, 2.05) is 70.2 Å². The third-order valence-corrected chi connectivity index (χ3v) is 2.29. The topological polar surface area (TPSA) is 29.1 Å². The maximum atomic E-state index is 11.7. The van der Waals surface area contributed by atoms with Gasteiger partial charge in [-0.1, -0.05) is 58.0 Å². The zero-order valence-electron chi connectivity index (χ0n) is 12.4. The summed E-state index contributed by atoms with van der Waals surface area (Å²) in [6.45, 7) is 8.00. The predicted octanol–water partition coefficient (Wildman–Crippen LogP) is 4.95. The fraction of sp³-hybridized carbons (Fsp3) is 0.353. The molecule has 1 N–H and O–H groups in total. The molecule has 2 heteroatoms. The summed E-state index contributed by atoms with van der Waals surface area (Å²) >= 11 is 0. The first-order valence-electron chi connectivity index (χ1n) is 7.09. The SMILES string of the molecule is CC.CC.O=C(NC1=CCCC=C1)c1ccccc1.[HH]. The molecular weight excluding hydrogens is 234 g/mol. The lowest BCUT2D eigenvalue weighted by Crippen LogP contribution is -2.22. The molecule has 0 aliphatic heterocycles. The van der Waals surface area contributed by atoms with E-state index in [4.69, 9.17) is 0 Å². The van der Waals surface area contributed by atoms with Crippen LogP contribution < -0.4 is 5.32 Å². The van der Waals surface area contributed by atoms with Gasteiger partial charge in [-0.15, -0.1) is 0 Å². The van der Waals surface area contributed by atoms with E-state index in [2.05, 4.69) is 11.4 Å². The summed E-state index contributed by atoms with van der Waals surface area (Å²) in [6.07, 6.45) is 8.12. The van der Waals surface area contributed by atoms with Crippen LogP contribution >= 0.6 is 0 Å². The Labute approximate surface area is 118 Å². The first kappa shape index (κ1) is 17.2. The summed E-state index contributed by atoms with van der Waals surface area (Å²) in [5.74, 6) is -0.0478. The van der Waals surface area contributed by atoms with E-state index in [1.54, 1.807) is 0 Å². The molecule has 1 aromatic carbocycles. The van der Waals surface area contributed by atoms with Crippen molar-refractivity contribution < 1.29 is 6.22 Å². The van der Waals surface area contributed by atoms with Crippen LogP contribution in [0.5, 0.6) is 0 Å². The molecule has 0 saturated heterocycles. The number of amides is 1. The van der Waals surface area contributed by atoms with Crippen molar-refractivity contribution in [1.29, 1.82) is 0 Å². The van der Waals surface area contributed by atoms with Crippen molar-refractivity contribution in [3.05, 3.63) is 59.8 Å². The molecule has 0 heterocycles. The van der Waals surface area contributed by atoms with Gasteiger partial charge in [0, 0.05) is 12.7 Å². The van der Waals surface area contributed by atoms with E-state index >= 15 is 0 Å². The monoisotopic (exact) mass is 261 g/mol. The normalized spacial score (nSPS) is 12.1. The van der Waals surface area contributed by atoms with Crippen LogP contribution in [-0.4, -0.2) is 5.91 Å². The van der Waals surface area contributed by atoms with Gasteiger partial charge in [0.25, 0.3) is 5.91 Å². The van der Waals surface area contributed by atoms with Crippen molar-refractivity contribution in [2.45, 2.75) is 40.5 Å². The molecular formula is C17H27NO. The molecule has 0 aromatic heterocycles. The van der Waals surface area contributed by atoms with Gasteiger partial charge in [0.1, 0.15) is 0 Å². The van der Waals surface area contributed by atoms with Crippen LogP contribution in [0.15, 0.2) is 54.3 Å². The minimum absolute atomic E-state index is 0. The predicted molar refractivity (Wildman–Crippen MR) is 85.2 cm³/mol. The van der Waals surface area contributed by atoms with E-state index in [-0.39, 0.29) is 7.33 Å². The van der Waals surface area contributed by atoms with Crippen LogP contribution in [0.2, 0.25) is 0 Å². The van der Waals surface area contributed by atoms with Crippen molar-refractivity contribution >= 4 is 5.91 Å². The molecule has 1 amide bonds. The molecule has 0 saturated carbocycles. The number of hydrogen-bond donors (Lipinski definition) is 1. The standard InChI is InChI=1S/C13H13NO.2C2H6.H2/c15-13(11-7-3-1-4-8-11)14-12-9-5-2-6-10-12;2*1-2;/h1,3-5,7-10H,2,6H2,(H,14,15);2*1-2H3;1H. The average molecular weight is 261 g/mol. The number of rotatable bonds is 2. The number of carbonyl (C=O) groups is 1. The molecule has 1 aromatic rings. The average Bonchev–Trinajstić information content (AvgIpc) is 2.53. The summed E-state index contributed by atoms with van der Waals surface area (Å²) in [5.41, 5.74) is 1.59. The second-order valence-electron chi connectivity index (χ2n) is 3.46. The van der Waals surface area contributed by atoms with Gasteiger partial charge in [-0.2, -0.15) is 0 Å². The lowest BCUT2D eigenvalue weighted by atomic mass is 10.1. The molecule has 106 valence electrons. The van der Waals surface area contributed by atoms with Crippen LogP contribution in [0.4, 0.5) is 0 Å². The molecule has 2 nitrogen and oxygen atoms in total. The maximum Gasteiger partial charge on any atom is 0.255 e. The van der Waals surface area contributed by atoms with E-state index in [0.717, 1.165) is 18.5 Å². The van der Waals surface area contributed by atoms with Crippen molar-refractivity contribution in [1.82, 2.24) is 5.32 Å². The minimum atomic E-state index is -0.0478. The lowest BCUT2D eigenvalue weighted by molar-refractivity contribution is 0.0967. The second-order valence-corrected chi connectivity index (χ2v) is 3.46. The van der Waals surface area contributed by atoms with Gasteiger partial charge in [0.05, 0.1) is 0 Å². The maximum absolute atomic E-state index is 11.7. The lowest BCUT2D eigenvalue weighted by Gasteiger charge is -2.08. The number of nitrogens with one attached hydrogen (secondary N) is 1. The van der Waals surface area contributed by atoms with Crippen LogP contribution in [0.1, 0.15) is 52.3 Å². The van der Waals surface area contributed by atoms with Gasteiger partial charge in [0.15, 0.2) is 0 Å². The van der Waals surface area contributed by atoms with Gasteiger partial charge in [0.2, 0.25) is 0 Å². The number of hydrogen-bond acceptors (Lipinski definition) is 1. The molecule has 1 aliphatic rings. The van der Waals surface area contributed by atoms with E-state index in [0.29, 0.717) is 5.56 Å². The second kappa shape index (κ2) is 11.3. The zero-order chi connectivity index (χ0) is 14.5. The van der Waals surface area contributed by atoms with Gasteiger partial charge < -0.3 is 5.32 Å². The smallest absolute Gasteiger partial charge is 0.255 e. The minimum Gasteiger partial charge on any atom is -0.322 e. The van der Waals surface area contributed by atoms with Gasteiger partial charge in [-0.25, -0.2) is 0 Å². The van der Waals surface area contributed by atoms with Crippen molar-refractivity contribution in [2.75, 3.05) is 0 Å². The van der Waals surface area contributed by atoms with E-state index in [1.165, 1.54) is 0 Å². The molecule has 0 radical (unpaired) electrons. The van der Waals surface area contributed by atoms with Crippen LogP contribution in [0.3, 0.4) is 0 Å². The van der Waals surface area contributed by atoms with E-state index < -0.39 is 0 Å². The first-order chi connectivity index (χ1) is 9.36. The molecule has 2 rings (SSSR count). The molecule has 0 atom stereocenters. The Morgan fingerprint density at radius 2 is 1.68 bits per heavy atom. The van der Waals surface area contributed by atoms with E-state index in [9.17, 15) is 4.79 Å². The van der Waals surface area contributed by atoms with Crippen LogP contribution in [0, 0.1) is 0 Å². The van der Waals surface area contributed by atoms with Gasteiger partial charge in [-0.05, 0) is 31.1 Å². The molecule has 0 fully saturated rings. The summed E-state index contributed by atoms with van der Waals surface area (Å²) in [6, 6.07) is 9.24. The highest BCUT2D eigenvalue weighted by atomic mass is 16.1. The highest BCUT2D eigenvalue weighted by Crippen LogP contribution is 2.08. The van der Waals surface area contributed by atoms with Crippen LogP contribution in [0.25, 0.3) is 0 Å². The highest BCUT2D eigenvalue weighted by Gasteiger charge is 2.05. The zero-order valence-corrected chi connectivity index (χ0v) is 12.4. The molecule has 0 bridgehead atoms. The highest BCUT2D eigenvalue weighted by molar-refractivity contribution is 5.95. The quantitative estimate of drug-likeness (QED) is 0.802. The van der Waals surface area contributed by atoms with Crippen LogP contribution in [-0.2, 0) is 0 Å². The Morgan fingerprint density at radius 1 is 1.05 bits per heavy atom. The van der Waals surface area contributed by atoms with Crippen molar-refractivity contribution in [2.24, 2.45) is 0 Å². The fourth-order valence-corrected chi connectivity index (χ4v) is 1.50. The summed E-state index contributed by atoms with van der Waals surface area (Å²) in [7, 11) is 0. The fourth-order valence-electron chi connectivity index (χ4n) is 1.50.